The molecule has 0 radical (unpaired) electrons. The second kappa shape index (κ2) is 6.94. The minimum atomic E-state index is -0.464. The van der Waals surface area contributed by atoms with Gasteiger partial charge >= 0.3 is 0 Å². The molecule has 3 nitrogen and oxygen atoms in total. The fraction of sp³-hybridized carbons (Fsp3) is 0.417. The van der Waals surface area contributed by atoms with Crippen molar-refractivity contribution in [1.82, 2.24) is 5.32 Å². The number of nitrogens with one attached hydrogen (secondary N) is 1. The van der Waals surface area contributed by atoms with Crippen LogP contribution in [0.1, 0.15) is 24.0 Å². The summed E-state index contributed by atoms with van der Waals surface area (Å²) >= 11 is 0. The predicted octanol–water partition coefficient (Wildman–Crippen LogP) is 1.53. The number of halogens is 1. The molecule has 0 saturated heterocycles. The van der Waals surface area contributed by atoms with Gasteiger partial charge in [-0.1, -0.05) is 6.07 Å². The molecule has 16 heavy (non-hydrogen) atoms. The highest BCUT2D eigenvalue weighted by molar-refractivity contribution is 5.34. The number of unbranched alkanes of at least 4 members (excludes halogenated alkanes) is 1. The number of hydrogen-bond donors (Lipinski definition) is 2. The number of nitriles is 1. The van der Waals surface area contributed by atoms with E-state index in [0.717, 1.165) is 24.9 Å². The normalized spacial score (nSPS) is 10.1. The standard InChI is InChI=1S/C12H16FN3/c13-12-4-3-10(7-11(12)8-15)9-16-6-2-1-5-14/h3-4,7,16H,1-2,5-6,9,14H2. The average Bonchev–Trinajstić information content (AvgIpc) is 2.31. The third-order valence-electron chi connectivity index (χ3n) is 2.29. The maximum atomic E-state index is 13.0. The molecule has 1 rings (SSSR count). The lowest BCUT2D eigenvalue weighted by molar-refractivity contribution is 0.614. The van der Waals surface area contributed by atoms with Gasteiger partial charge in [0.1, 0.15) is 11.9 Å². The van der Waals surface area contributed by atoms with Crippen molar-refractivity contribution in [3.8, 4) is 6.07 Å². The number of nitrogens with zero attached hydrogens (tertiary/aromatic N) is 1. The van der Waals surface area contributed by atoms with Crippen molar-refractivity contribution in [2.75, 3.05) is 13.1 Å². The van der Waals surface area contributed by atoms with Crippen molar-refractivity contribution in [2.45, 2.75) is 19.4 Å². The second-order valence-electron chi connectivity index (χ2n) is 3.60. The van der Waals surface area contributed by atoms with Crippen LogP contribution in [-0.4, -0.2) is 13.1 Å². The molecule has 0 aliphatic carbocycles. The first-order chi connectivity index (χ1) is 7.77. The molecule has 0 aliphatic heterocycles. The predicted molar refractivity (Wildman–Crippen MR) is 61.1 cm³/mol. The van der Waals surface area contributed by atoms with Crippen LogP contribution in [0.3, 0.4) is 0 Å². The van der Waals surface area contributed by atoms with Crippen LogP contribution in [0.25, 0.3) is 0 Å². The van der Waals surface area contributed by atoms with E-state index in [0.29, 0.717) is 13.1 Å². The minimum absolute atomic E-state index is 0.0984. The van der Waals surface area contributed by atoms with Crippen molar-refractivity contribution >= 4 is 0 Å². The van der Waals surface area contributed by atoms with E-state index in [4.69, 9.17) is 11.0 Å². The molecular formula is C12H16FN3. The third-order valence-corrected chi connectivity index (χ3v) is 2.29. The molecule has 0 aromatic heterocycles. The van der Waals surface area contributed by atoms with Gasteiger partial charge < -0.3 is 11.1 Å². The Labute approximate surface area is 95.1 Å². The fourth-order valence-corrected chi connectivity index (χ4v) is 1.40. The fourth-order valence-electron chi connectivity index (χ4n) is 1.40. The van der Waals surface area contributed by atoms with E-state index in [1.54, 1.807) is 12.1 Å². The van der Waals surface area contributed by atoms with Gasteiger partial charge in [-0.25, -0.2) is 4.39 Å². The van der Waals surface area contributed by atoms with Gasteiger partial charge in [-0.05, 0) is 43.6 Å². The van der Waals surface area contributed by atoms with Gasteiger partial charge in [-0.2, -0.15) is 5.26 Å². The van der Waals surface area contributed by atoms with Crippen LogP contribution in [0.2, 0.25) is 0 Å². The van der Waals surface area contributed by atoms with Gasteiger partial charge in [-0.15, -0.1) is 0 Å². The lowest BCUT2D eigenvalue weighted by Crippen LogP contribution is -2.16. The van der Waals surface area contributed by atoms with Crippen LogP contribution in [0.15, 0.2) is 18.2 Å². The van der Waals surface area contributed by atoms with E-state index in [1.165, 1.54) is 6.07 Å². The van der Waals surface area contributed by atoms with Gasteiger partial charge in [-0.3, -0.25) is 0 Å². The Morgan fingerprint density at radius 1 is 1.38 bits per heavy atom. The van der Waals surface area contributed by atoms with Crippen molar-refractivity contribution < 1.29 is 4.39 Å². The molecule has 1 aromatic rings. The van der Waals surface area contributed by atoms with E-state index >= 15 is 0 Å². The lowest BCUT2D eigenvalue weighted by atomic mass is 10.1. The summed E-state index contributed by atoms with van der Waals surface area (Å²) in [6, 6.07) is 6.42. The van der Waals surface area contributed by atoms with Gasteiger partial charge in [0.15, 0.2) is 0 Å². The SMILES string of the molecule is N#Cc1cc(CNCCCCN)ccc1F. The highest BCUT2D eigenvalue weighted by Crippen LogP contribution is 2.09. The summed E-state index contributed by atoms with van der Waals surface area (Å²) in [6.07, 6.45) is 2.03. The summed E-state index contributed by atoms with van der Waals surface area (Å²) in [4.78, 5) is 0. The molecular weight excluding hydrogens is 205 g/mol. The van der Waals surface area contributed by atoms with Crippen LogP contribution in [0.5, 0.6) is 0 Å². The third kappa shape index (κ3) is 3.97. The second-order valence-corrected chi connectivity index (χ2v) is 3.60. The Kier molecular flexibility index (Phi) is 5.48. The molecule has 0 atom stereocenters. The van der Waals surface area contributed by atoms with E-state index in [-0.39, 0.29) is 5.56 Å². The molecule has 0 aliphatic rings. The quantitative estimate of drug-likeness (QED) is 0.716. The summed E-state index contributed by atoms with van der Waals surface area (Å²) in [7, 11) is 0. The minimum Gasteiger partial charge on any atom is -0.330 e. The molecule has 0 heterocycles. The maximum Gasteiger partial charge on any atom is 0.140 e. The molecule has 86 valence electrons. The van der Waals surface area contributed by atoms with Crippen LogP contribution in [0, 0.1) is 17.1 Å². The lowest BCUT2D eigenvalue weighted by Gasteiger charge is -2.05. The van der Waals surface area contributed by atoms with Crippen molar-refractivity contribution in [3.05, 3.63) is 35.1 Å². The van der Waals surface area contributed by atoms with Crippen LogP contribution in [0.4, 0.5) is 4.39 Å². The Morgan fingerprint density at radius 3 is 2.88 bits per heavy atom. The molecule has 3 N–H and O–H groups in total. The number of benzene rings is 1. The summed E-state index contributed by atoms with van der Waals surface area (Å²) < 4.78 is 13.0. The molecule has 0 bridgehead atoms. The molecule has 0 saturated carbocycles. The molecule has 0 amide bonds. The first-order valence-corrected chi connectivity index (χ1v) is 5.37. The zero-order valence-corrected chi connectivity index (χ0v) is 9.17. The zero-order chi connectivity index (χ0) is 11.8. The van der Waals surface area contributed by atoms with Gasteiger partial charge in [0, 0.05) is 6.54 Å². The Balaban J connectivity index is 2.40. The smallest absolute Gasteiger partial charge is 0.140 e. The van der Waals surface area contributed by atoms with Crippen molar-refractivity contribution in [3.63, 3.8) is 0 Å². The van der Waals surface area contributed by atoms with Gasteiger partial charge in [0.25, 0.3) is 0 Å². The topological polar surface area (TPSA) is 61.8 Å². The monoisotopic (exact) mass is 221 g/mol. The molecule has 0 spiro atoms. The van der Waals surface area contributed by atoms with Crippen LogP contribution < -0.4 is 11.1 Å². The first kappa shape index (κ1) is 12.6. The highest BCUT2D eigenvalue weighted by atomic mass is 19.1. The van der Waals surface area contributed by atoms with E-state index in [2.05, 4.69) is 5.32 Å². The summed E-state index contributed by atoms with van der Waals surface area (Å²) in [5.41, 5.74) is 6.39. The van der Waals surface area contributed by atoms with E-state index in [9.17, 15) is 4.39 Å². The Bertz CT molecular complexity index is 371. The van der Waals surface area contributed by atoms with Crippen LogP contribution in [-0.2, 0) is 6.54 Å². The zero-order valence-electron chi connectivity index (χ0n) is 9.17. The van der Waals surface area contributed by atoms with Gasteiger partial charge in [0.05, 0.1) is 5.56 Å². The van der Waals surface area contributed by atoms with Crippen molar-refractivity contribution in [1.29, 1.82) is 5.26 Å². The molecule has 4 heteroatoms. The number of nitrogens with two attached hydrogens (primary N) is 1. The summed E-state index contributed by atoms with van der Waals surface area (Å²) in [5, 5.41) is 11.9. The maximum absolute atomic E-state index is 13.0. The van der Waals surface area contributed by atoms with Crippen molar-refractivity contribution in [2.24, 2.45) is 5.73 Å². The molecule has 1 aromatic carbocycles. The Morgan fingerprint density at radius 2 is 2.19 bits per heavy atom. The summed E-state index contributed by atoms with van der Waals surface area (Å²) in [6.45, 7) is 2.24. The first-order valence-electron chi connectivity index (χ1n) is 5.37. The number of rotatable bonds is 6. The largest absolute Gasteiger partial charge is 0.330 e. The highest BCUT2D eigenvalue weighted by Gasteiger charge is 2.01. The van der Waals surface area contributed by atoms with E-state index < -0.39 is 5.82 Å². The molecule has 0 unspecified atom stereocenters. The van der Waals surface area contributed by atoms with Crippen LogP contribution >= 0.6 is 0 Å². The average molecular weight is 221 g/mol. The van der Waals surface area contributed by atoms with Gasteiger partial charge in [0.2, 0.25) is 0 Å². The Hall–Kier alpha value is -1.44. The number of hydrogen-bond acceptors (Lipinski definition) is 3. The molecule has 0 fully saturated rings. The van der Waals surface area contributed by atoms with E-state index in [1.807, 2.05) is 6.07 Å². The summed E-state index contributed by atoms with van der Waals surface area (Å²) in [5.74, 6) is -0.464.